The second kappa shape index (κ2) is 9.25. The van der Waals surface area contributed by atoms with Crippen molar-refractivity contribution in [1.29, 1.82) is 0 Å². The summed E-state index contributed by atoms with van der Waals surface area (Å²) in [5, 5.41) is 3.78. The highest BCUT2D eigenvalue weighted by atomic mass is 35.5. The number of benzene rings is 2. The van der Waals surface area contributed by atoms with E-state index in [0.717, 1.165) is 24.9 Å². The van der Waals surface area contributed by atoms with E-state index < -0.39 is 0 Å². The van der Waals surface area contributed by atoms with Crippen molar-refractivity contribution in [2.45, 2.75) is 25.7 Å². The van der Waals surface area contributed by atoms with Crippen molar-refractivity contribution in [1.82, 2.24) is 5.32 Å². The van der Waals surface area contributed by atoms with Crippen molar-refractivity contribution in [3.63, 3.8) is 0 Å². The summed E-state index contributed by atoms with van der Waals surface area (Å²) in [6.07, 6.45) is 3.76. The summed E-state index contributed by atoms with van der Waals surface area (Å²) in [5.74, 6) is 0.109. The molecule has 0 saturated heterocycles. The van der Waals surface area contributed by atoms with Crippen molar-refractivity contribution in [2.75, 3.05) is 18.0 Å². The van der Waals surface area contributed by atoms with Crippen LogP contribution in [-0.2, 0) is 4.79 Å². The van der Waals surface area contributed by atoms with Gasteiger partial charge in [0.2, 0.25) is 5.91 Å². The number of carbonyl (C=O) groups excluding carboxylic acids is 2. The monoisotopic (exact) mass is 404 g/mol. The number of hydrogen-bond acceptors (Lipinski definition) is 2. The van der Waals surface area contributed by atoms with Crippen molar-refractivity contribution < 1.29 is 9.59 Å². The van der Waals surface area contributed by atoms with Crippen LogP contribution in [0.15, 0.2) is 48.5 Å². The number of hydrogen-bond donors (Lipinski definition) is 1. The Hall–Kier alpha value is -2.04. The Morgan fingerprint density at radius 2 is 1.81 bits per heavy atom. The number of para-hydroxylation sites is 1. The number of anilines is 1. The number of rotatable bonds is 7. The molecule has 1 aliphatic carbocycles. The summed E-state index contributed by atoms with van der Waals surface area (Å²) in [4.78, 5) is 26.7. The molecule has 0 heterocycles. The largest absolute Gasteiger partial charge is 0.356 e. The minimum Gasteiger partial charge on any atom is -0.356 e. The van der Waals surface area contributed by atoms with Crippen LogP contribution in [0.4, 0.5) is 5.69 Å². The number of carbonyl (C=O) groups is 2. The standard InChI is InChI=1S/C21H22Cl2N2O2/c22-16-10-11-18(19(23)14-16)21(27)25(17-8-2-1-3-9-17)13-5-12-24-20(26)15-6-4-7-15/h1-3,8-11,14-15H,4-7,12-13H2,(H,24,26). The van der Waals surface area contributed by atoms with Crippen LogP contribution < -0.4 is 10.2 Å². The van der Waals surface area contributed by atoms with Gasteiger partial charge < -0.3 is 10.2 Å². The lowest BCUT2D eigenvalue weighted by atomic mass is 9.85. The average molecular weight is 405 g/mol. The maximum atomic E-state index is 13.1. The van der Waals surface area contributed by atoms with Crippen LogP contribution in [0.2, 0.25) is 10.0 Å². The SMILES string of the molecule is O=C(NCCCN(C(=O)c1ccc(Cl)cc1Cl)c1ccccc1)C1CCC1. The van der Waals surface area contributed by atoms with Crippen molar-refractivity contribution >= 4 is 40.7 Å². The van der Waals surface area contributed by atoms with E-state index in [4.69, 9.17) is 23.2 Å². The molecule has 1 aliphatic rings. The van der Waals surface area contributed by atoms with Crippen LogP contribution in [0.3, 0.4) is 0 Å². The molecule has 0 aromatic heterocycles. The lowest BCUT2D eigenvalue weighted by Crippen LogP contribution is -2.37. The van der Waals surface area contributed by atoms with E-state index in [0.29, 0.717) is 35.1 Å². The van der Waals surface area contributed by atoms with E-state index in [-0.39, 0.29) is 17.7 Å². The lowest BCUT2D eigenvalue weighted by molar-refractivity contribution is -0.127. The zero-order valence-corrected chi connectivity index (χ0v) is 16.5. The molecule has 6 heteroatoms. The molecule has 3 rings (SSSR count). The van der Waals surface area contributed by atoms with Gasteiger partial charge in [-0.3, -0.25) is 9.59 Å². The number of nitrogens with zero attached hydrogens (tertiary/aromatic N) is 1. The van der Waals surface area contributed by atoms with Crippen molar-refractivity contribution in [3.05, 3.63) is 64.1 Å². The first-order chi connectivity index (χ1) is 13.1. The summed E-state index contributed by atoms with van der Waals surface area (Å²) in [7, 11) is 0. The Kier molecular flexibility index (Phi) is 6.75. The number of halogens is 2. The Morgan fingerprint density at radius 3 is 2.44 bits per heavy atom. The van der Waals surface area contributed by atoms with Gasteiger partial charge in [0.25, 0.3) is 5.91 Å². The van der Waals surface area contributed by atoms with Gasteiger partial charge in [-0.25, -0.2) is 0 Å². The molecule has 142 valence electrons. The van der Waals surface area contributed by atoms with E-state index in [9.17, 15) is 9.59 Å². The third kappa shape index (κ3) is 5.02. The minimum atomic E-state index is -0.187. The molecule has 1 N–H and O–H groups in total. The number of nitrogens with one attached hydrogen (secondary N) is 1. The van der Waals surface area contributed by atoms with Crippen LogP contribution in [0.1, 0.15) is 36.0 Å². The highest BCUT2D eigenvalue weighted by molar-refractivity contribution is 6.37. The normalized spacial score (nSPS) is 13.7. The zero-order chi connectivity index (χ0) is 19.2. The summed E-state index contributed by atoms with van der Waals surface area (Å²) in [5.41, 5.74) is 1.20. The fourth-order valence-electron chi connectivity index (χ4n) is 3.03. The third-order valence-electron chi connectivity index (χ3n) is 4.81. The van der Waals surface area contributed by atoms with Crippen LogP contribution in [0, 0.1) is 5.92 Å². The maximum Gasteiger partial charge on any atom is 0.259 e. The van der Waals surface area contributed by atoms with Crippen LogP contribution in [-0.4, -0.2) is 24.9 Å². The maximum absolute atomic E-state index is 13.1. The van der Waals surface area contributed by atoms with E-state index in [1.165, 1.54) is 0 Å². The molecule has 2 aromatic carbocycles. The van der Waals surface area contributed by atoms with Gasteiger partial charge in [-0.15, -0.1) is 0 Å². The molecule has 0 radical (unpaired) electrons. The van der Waals surface area contributed by atoms with Gasteiger partial charge in [0.15, 0.2) is 0 Å². The molecule has 0 unspecified atom stereocenters. The topological polar surface area (TPSA) is 49.4 Å². The molecular formula is C21H22Cl2N2O2. The van der Waals surface area contributed by atoms with Gasteiger partial charge in [0, 0.05) is 29.7 Å². The third-order valence-corrected chi connectivity index (χ3v) is 5.36. The minimum absolute atomic E-state index is 0.125. The zero-order valence-electron chi connectivity index (χ0n) is 15.0. The van der Waals surface area contributed by atoms with E-state index in [1.54, 1.807) is 23.1 Å². The molecule has 4 nitrogen and oxygen atoms in total. The predicted octanol–water partition coefficient (Wildman–Crippen LogP) is 4.95. The Morgan fingerprint density at radius 1 is 1.07 bits per heavy atom. The molecule has 0 bridgehead atoms. The van der Waals surface area contributed by atoms with Crippen LogP contribution in [0.5, 0.6) is 0 Å². The first-order valence-corrected chi connectivity index (χ1v) is 9.91. The Balaban J connectivity index is 1.67. The van der Waals surface area contributed by atoms with Gasteiger partial charge in [-0.1, -0.05) is 47.8 Å². The molecule has 2 amide bonds. The Labute approximate surface area is 169 Å². The summed E-state index contributed by atoms with van der Waals surface area (Å²) in [6.45, 7) is 1.02. The summed E-state index contributed by atoms with van der Waals surface area (Å²) in [6, 6.07) is 14.3. The molecule has 0 aliphatic heterocycles. The van der Waals surface area contributed by atoms with E-state index in [1.807, 2.05) is 30.3 Å². The highest BCUT2D eigenvalue weighted by Crippen LogP contribution is 2.26. The second-order valence-electron chi connectivity index (χ2n) is 6.69. The highest BCUT2D eigenvalue weighted by Gasteiger charge is 2.25. The average Bonchev–Trinajstić information content (AvgIpc) is 2.60. The van der Waals surface area contributed by atoms with Gasteiger partial charge in [0.05, 0.1) is 10.6 Å². The summed E-state index contributed by atoms with van der Waals surface area (Å²) < 4.78 is 0. The fraction of sp³-hybridized carbons (Fsp3) is 0.333. The molecule has 0 spiro atoms. The van der Waals surface area contributed by atoms with E-state index in [2.05, 4.69) is 5.32 Å². The van der Waals surface area contributed by atoms with Gasteiger partial charge in [0.1, 0.15) is 0 Å². The second-order valence-corrected chi connectivity index (χ2v) is 7.53. The Bertz CT molecular complexity index is 807. The van der Waals surface area contributed by atoms with Crippen LogP contribution >= 0.6 is 23.2 Å². The molecule has 2 aromatic rings. The quantitative estimate of drug-likeness (QED) is 0.663. The molecule has 1 fully saturated rings. The first-order valence-electron chi connectivity index (χ1n) is 9.16. The summed E-state index contributed by atoms with van der Waals surface area (Å²) >= 11 is 12.2. The predicted molar refractivity (Wildman–Crippen MR) is 110 cm³/mol. The molecule has 27 heavy (non-hydrogen) atoms. The van der Waals surface area contributed by atoms with E-state index >= 15 is 0 Å². The van der Waals surface area contributed by atoms with Crippen LogP contribution in [0.25, 0.3) is 0 Å². The van der Waals surface area contributed by atoms with Crippen molar-refractivity contribution in [2.24, 2.45) is 5.92 Å². The lowest BCUT2D eigenvalue weighted by Gasteiger charge is -2.25. The van der Waals surface area contributed by atoms with Gasteiger partial charge in [-0.2, -0.15) is 0 Å². The smallest absolute Gasteiger partial charge is 0.259 e. The van der Waals surface area contributed by atoms with Crippen molar-refractivity contribution in [3.8, 4) is 0 Å². The molecular weight excluding hydrogens is 383 g/mol. The number of amides is 2. The van der Waals surface area contributed by atoms with Gasteiger partial charge >= 0.3 is 0 Å². The molecule has 1 saturated carbocycles. The molecule has 0 atom stereocenters. The first kappa shape index (κ1) is 19.7. The van der Waals surface area contributed by atoms with Gasteiger partial charge in [-0.05, 0) is 49.6 Å². The fourth-order valence-corrected chi connectivity index (χ4v) is 3.52.